The Morgan fingerprint density at radius 2 is 2.27 bits per heavy atom. The third kappa shape index (κ3) is 2.99. The van der Waals surface area contributed by atoms with Crippen molar-refractivity contribution in [3.05, 3.63) is 18.3 Å². The Hall–Kier alpha value is -1.51. The van der Waals surface area contributed by atoms with Crippen LogP contribution in [0.1, 0.15) is 19.1 Å². The molecule has 1 saturated heterocycles. The Bertz CT molecular complexity index is 746. The largest absolute Gasteiger partial charge is 0.383 e. The van der Waals surface area contributed by atoms with Gasteiger partial charge in [0, 0.05) is 6.20 Å². The minimum atomic E-state index is -3.54. The minimum Gasteiger partial charge on any atom is -0.383 e. The summed E-state index contributed by atoms with van der Waals surface area (Å²) in [4.78, 5) is 26.1. The standard InChI is InChI=1S/C12H16FN4O4P/c1-22(18,19)20-5-7-2-3-9(21-7)17-4-8(13)10-11(14)15-6-16-12(10)17/h4,6-7,9,18-19H,1-3,5H2,(H2,14,15,16)/t7-,9+/m0/s1. The maximum Gasteiger partial charge on any atom is 0.245 e. The van der Waals surface area contributed by atoms with E-state index in [1.54, 1.807) is 4.57 Å². The van der Waals surface area contributed by atoms with Crippen molar-refractivity contribution in [2.45, 2.75) is 25.2 Å². The first-order chi connectivity index (χ1) is 10.3. The summed E-state index contributed by atoms with van der Waals surface area (Å²) < 4.78 is 26.2. The summed E-state index contributed by atoms with van der Waals surface area (Å²) in [5.41, 5.74) is 6.03. The molecule has 0 aliphatic carbocycles. The van der Waals surface area contributed by atoms with Crippen molar-refractivity contribution in [1.82, 2.24) is 14.5 Å². The van der Waals surface area contributed by atoms with E-state index in [0.29, 0.717) is 18.5 Å². The SMILES string of the molecule is C=P(O)(O)OC[C@@H]1CC[C@H](n2cc(F)c3c(N)ncnc32)O1. The Labute approximate surface area is 125 Å². The quantitative estimate of drug-likeness (QED) is 0.717. The van der Waals surface area contributed by atoms with Gasteiger partial charge in [0.15, 0.2) is 11.5 Å². The molecule has 1 aliphatic rings. The number of hydrogen-bond donors (Lipinski definition) is 3. The lowest BCUT2D eigenvalue weighted by molar-refractivity contribution is -0.0179. The molecule has 0 amide bonds. The van der Waals surface area contributed by atoms with Crippen LogP contribution in [0.3, 0.4) is 0 Å². The molecule has 2 aromatic heterocycles. The van der Waals surface area contributed by atoms with E-state index in [4.69, 9.17) is 24.8 Å². The van der Waals surface area contributed by atoms with Gasteiger partial charge in [-0.2, -0.15) is 0 Å². The van der Waals surface area contributed by atoms with E-state index < -0.39 is 19.6 Å². The molecule has 2 aromatic rings. The molecule has 0 saturated carbocycles. The number of nitrogen functional groups attached to an aromatic ring is 1. The average molecular weight is 330 g/mol. The molecule has 4 N–H and O–H groups in total. The van der Waals surface area contributed by atoms with Gasteiger partial charge in [-0.3, -0.25) is 0 Å². The van der Waals surface area contributed by atoms with Crippen molar-refractivity contribution in [3.63, 3.8) is 0 Å². The lowest BCUT2D eigenvalue weighted by Crippen LogP contribution is -2.16. The van der Waals surface area contributed by atoms with E-state index in [0.717, 1.165) is 0 Å². The van der Waals surface area contributed by atoms with Crippen molar-refractivity contribution in [3.8, 4) is 0 Å². The highest BCUT2D eigenvalue weighted by atomic mass is 31.2. The van der Waals surface area contributed by atoms with E-state index >= 15 is 0 Å². The fourth-order valence-electron chi connectivity index (χ4n) is 2.50. The molecule has 10 heteroatoms. The van der Waals surface area contributed by atoms with E-state index in [1.165, 1.54) is 12.5 Å². The molecular formula is C12H16FN4O4P. The molecule has 1 fully saturated rings. The zero-order valence-corrected chi connectivity index (χ0v) is 12.5. The zero-order chi connectivity index (χ0) is 15.9. The third-order valence-electron chi connectivity index (χ3n) is 3.45. The summed E-state index contributed by atoms with van der Waals surface area (Å²) in [6.45, 7) is 0.0135. The number of fused-ring (bicyclic) bond motifs is 1. The second kappa shape index (κ2) is 5.60. The molecule has 120 valence electrons. The monoisotopic (exact) mass is 330 g/mol. The normalized spacial score (nSPS) is 22.5. The van der Waals surface area contributed by atoms with Crippen LogP contribution in [0.2, 0.25) is 0 Å². The van der Waals surface area contributed by atoms with Crippen molar-refractivity contribution < 1.29 is 23.4 Å². The molecule has 8 nitrogen and oxygen atoms in total. The van der Waals surface area contributed by atoms with Crippen LogP contribution < -0.4 is 5.73 Å². The summed E-state index contributed by atoms with van der Waals surface area (Å²) in [6, 6.07) is 0. The topological polar surface area (TPSA) is 116 Å². The predicted molar refractivity (Wildman–Crippen MR) is 79.5 cm³/mol. The van der Waals surface area contributed by atoms with Crippen LogP contribution in [0.5, 0.6) is 0 Å². The number of nitrogens with zero attached hydrogens (tertiary/aromatic N) is 3. The van der Waals surface area contributed by atoms with Gasteiger partial charge < -0.3 is 29.3 Å². The average Bonchev–Trinajstić information content (AvgIpc) is 3.01. The van der Waals surface area contributed by atoms with E-state index in [2.05, 4.69) is 16.3 Å². The first kappa shape index (κ1) is 15.4. The number of rotatable bonds is 4. The van der Waals surface area contributed by atoms with Gasteiger partial charge in [0.25, 0.3) is 0 Å². The summed E-state index contributed by atoms with van der Waals surface area (Å²) in [7, 11) is -3.54. The summed E-state index contributed by atoms with van der Waals surface area (Å²) >= 11 is 0. The number of anilines is 1. The van der Waals surface area contributed by atoms with E-state index in [-0.39, 0.29) is 23.9 Å². The van der Waals surface area contributed by atoms with Gasteiger partial charge in [0.05, 0.1) is 18.1 Å². The zero-order valence-electron chi connectivity index (χ0n) is 11.6. The second-order valence-electron chi connectivity index (χ2n) is 5.09. The summed E-state index contributed by atoms with van der Waals surface area (Å²) in [5.74, 6) is -0.434. The van der Waals surface area contributed by atoms with Gasteiger partial charge in [-0.1, -0.05) is 0 Å². The van der Waals surface area contributed by atoms with E-state index in [1.807, 2.05) is 0 Å². The molecule has 0 bridgehead atoms. The van der Waals surface area contributed by atoms with Crippen LogP contribution in [0, 0.1) is 5.82 Å². The van der Waals surface area contributed by atoms with Gasteiger partial charge in [-0.05, 0) is 19.1 Å². The molecule has 0 aromatic carbocycles. The number of ether oxygens (including phenoxy) is 1. The third-order valence-corrected chi connectivity index (χ3v) is 4.02. The van der Waals surface area contributed by atoms with Gasteiger partial charge >= 0.3 is 0 Å². The lowest BCUT2D eigenvalue weighted by Gasteiger charge is -2.17. The van der Waals surface area contributed by atoms with Crippen molar-refractivity contribution in [2.75, 3.05) is 12.3 Å². The first-order valence-electron chi connectivity index (χ1n) is 6.60. The Morgan fingerprint density at radius 3 is 3.00 bits per heavy atom. The molecular weight excluding hydrogens is 314 g/mol. The Morgan fingerprint density at radius 1 is 1.50 bits per heavy atom. The summed E-state index contributed by atoms with van der Waals surface area (Å²) in [6.07, 6.45) is 6.15. The van der Waals surface area contributed by atoms with Crippen molar-refractivity contribution >= 4 is 30.7 Å². The summed E-state index contributed by atoms with van der Waals surface area (Å²) in [5, 5.41) is 0.166. The first-order valence-corrected chi connectivity index (χ1v) is 8.40. The van der Waals surface area contributed by atoms with Gasteiger partial charge in [0.1, 0.15) is 18.4 Å². The predicted octanol–water partition coefficient (Wildman–Crippen LogP) is 1.03. The van der Waals surface area contributed by atoms with E-state index in [9.17, 15) is 4.39 Å². The van der Waals surface area contributed by atoms with Crippen molar-refractivity contribution in [1.29, 1.82) is 0 Å². The Balaban J connectivity index is 1.79. The van der Waals surface area contributed by atoms with Crippen LogP contribution in [-0.4, -0.2) is 43.3 Å². The maximum atomic E-state index is 14.0. The highest BCUT2D eigenvalue weighted by Gasteiger charge is 2.30. The molecule has 3 rings (SSSR count). The number of nitrogens with two attached hydrogens (primary N) is 1. The van der Waals surface area contributed by atoms with Crippen LogP contribution >= 0.6 is 7.57 Å². The second-order valence-corrected chi connectivity index (χ2v) is 6.68. The molecule has 0 spiro atoms. The molecule has 2 atom stereocenters. The molecule has 0 unspecified atom stereocenters. The minimum absolute atomic E-state index is 0.0135. The molecule has 0 radical (unpaired) electrons. The number of aromatic nitrogens is 3. The highest BCUT2D eigenvalue weighted by Crippen LogP contribution is 2.38. The number of hydrogen-bond acceptors (Lipinski definition) is 7. The van der Waals surface area contributed by atoms with Gasteiger partial charge in [0.2, 0.25) is 7.57 Å². The van der Waals surface area contributed by atoms with Gasteiger partial charge in [-0.15, -0.1) is 0 Å². The molecule has 1 aliphatic heterocycles. The van der Waals surface area contributed by atoms with Crippen LogP contribution in [0.15, 0.2) is 12.5 Å². The molecule has 3 heterocycles. The van der Waals surface area contributed by atoms with Gasteiger partial charge in [-0.25, -0.2) is 14.4 Å². The Kier molecular flexibility index (Phi) is 3.92. The highest BCUT2D eigenvalue weighted by molar-refractivity contribution is 7.57. The number of halogens is 1. The fourth-order valence-corrected chi connectivity index (χ4v) is 2.90. The maximum absolute atomic E-state index is 14.0. The smallest absolute Gasteiger partial charge is 0.245 e. The van der Waals surface area contributed by atoms with Crippen LogP contribution in [0.25, 0.3) is 11.0 Å². The molecule has 22 heavy (non-hydrogen) atoms. The fraction of sp³-hybridized carbons (Fsp3) is 0.417. The lowest BCUT2D eigenvalue weighted by atomic mass is 10.2. The van der Waals surface area contributed by atoms with Crippen LogP contribution in [-0.2, 0) is 9.26 Å². The van der Waals surface area contributed by atoms with Crippen molar-refractivity contribution in [2.24, 2.45) is 0 Å². The van der Waals surface area contributed by atoms with Crippen LogP contribution in [0.4, 0.5) is 10.2 Å².